The molecular formula is C14H19N5O. The van der Waals surface area contributed by atoms with E-state index in [1.807, 2.05) is 24.3 Å². The minimum atomic E-state index is -0.854. The van der Waals surface area contributed by atoms with E-state index in [0.29, 0.717) is 13.1 Å². The molecule has 6 heteroatoms. The van der Waals surface area contributed by atoms with Crippen molar-refractivity contribution in [3.63, 3.8) is 0 Å². The van der Waals surface area contributed by atoms with Gasteiger partial charge in [-0.3, -0.25) is 4.79 Å². The second-order valence-electron chi connectivity index (χ2n) is 5.31. The number of nitrogens with one attached hydrogen (secondary N) is 1. The number of carbonyl (C=O) groups is 1. The van der Waals surface area contributed by atoms with Gasteiger partial charge in [0.2, 0.25) is 5.91 Å². The molecule has 0 aliphatic rings. The van der Waals surface area contributed by atoms with Crippen LogP contribution in [0.2, 0.25) is 0 Å². The fraction of sp³-hybridized carbons (Fsp3) is 0.357. The maximum absolute atomic E-state index is 11.7. The molecule has 6 nitrogen and oxygen atoms in total. The summed E-state index contributed by atoms with van der Waals surface area (Å²) in [5.41, 5.74) is 7.02. The van der Waals surface area contributed by atoms with Gasteiger partial charge in [0, 0.05) is 6.54 Å². The molecule has 0 aliphatic heterocycles. The number of rotatable bonds is 5. The standard InChI is InChI=1S/C14H19N5O/c1-14(2,15)13(20)17-7-11-3-5-12(6-4-11)8-19-10-16-9-18-19/h3-6,9-10H,7-8,15H2,1-2H3,(H,17,20). The van der Waals surface area contributed by atoms with Crippen molar-refractivity contribution < 1.29 is 4.79 Å². The van der Waals surface area contributed by atoms with Crippen LogP contribution in [0.4, 0.5) is 0 Å². The maximum atomic E-state index is 11.7. The predicted molar refractivity (Wildman–Crippen MR) is 75.7 cm³/mol. The van der Waals surface area contributed by atoms with Gasteiger partial charge in [-0.2, -0.15) is 5.10 Å². The molecule has 0 spiro atoms. The summed E-state index contributed by atoms with van der Waals surface area (Å²) in [7, 11) is 0. The lowest BCUT2D eigenvalue weighted by molar-refractivity contribution is -0.125. The molecule has 2 rings (SSSR count). The first-order valence-electron chi connectivity index (χ1n) is 6.42. The van der Waals surface area contributed by atoms with Gasteiger partial charge in [0.25, 0.3) is 0 Å². The lowest BCUT2D eigenvalue weighted by Crippen LogP contribution is -2.48. The number of carbonyl (C=O) groups excluding carboxylic acids is 1. The molecule has 0 bridgehead atoms. The van der Waals surface area contributed by atoms with Crippen molar-refractivity contribution in [2.24, 2.45) is 5.73 Å². The van der Waals surface area contributed by atoms with Crippen molar-refractivity contribution in [1.82, 2.24) is 20.1 Å². The third-order valence-corrected chi connectivity index (χ3v) is 2.87. The fourth-order valence-electron chi connectivity index (χ4n) is 1.67. The fourth-order valence-corrected chi connectivity index (χ4v) is 1.67. The molecule has 0 fully saturated rings. The number of amides is 1. The molecule has 0 saturated carbocycles. The Bertz CT molecular complexity index is 554. The molecule has 20 heavy (non-hydrogen) atoms. The normalized spacial score (nSPS) is 11.3. The van der Waals surface area contributed by atoms with Crippen molar-refractivity contribution in [2.45, 2.75) is 32.5 Å². The van der Waals surface area contributed by atoms with Crippen LogP contribution in [-0.2, 0) is 17.9 Å². The van der Waals surface area contributed by atoms with Crippen LogP contribution in [0, 0.1) is 0 Å². The van der Waals surface area contributed by atoms with Crippen LogP contribution in [0.5, 0.6) is 0 Å². The summed E-state index contributed by atoms with van der Waals surface area (Å²) in [5, 5.41) is 6.87. The lowest BCUT2D eigenvalue weighted by atomic mass is 10.1. The van der Waals surface area contributed by atoms with Gasteiger partial charge in [-0.15, -0.1) is 0 Å². The Kier molecular flexibility index (Phi) is 4.14. The van der Waals surface area contributed by atoms with Gasteiger partial charge in [-0.05, 0) is 25.0 Å². The van der Waals surface area contributed by atoms with Gasteiger partial charge >= 0.3 is 0 Å². The quantitative estimate of drug-likeness (QED) is 0.839. The van der Waals surface area contributed by atoms with Gasteiger partial charge < -0.3 is 11.1 Å². The Labute approximate surface area is 118 Å². The third kappa shape index (κ3) is 3.89. The van der Waals surface area contributed by atoms with Gasteiger partial charge in [0.15, 0.2) is 0 Å². The number of nitrogens with two attached hydrogens (primary N) is 1. The van der Waals surface area contributed by atoms with Gasteiger partial charge in [-0.25, -0.2) is 9.67 Å². The third-order valence-electron chi connectivity index (χ3n) is 2.87. The molecular weight excluding hydrogens is 254 g/mol. The Balaban J connectivity index is 1.90. The molecule has 1 aromatic heterocycles. The van der Waals surface area contributed by atoms with Crippen molar-refractivity contribution in [3.8, 4) is 0 Å². The summed E-state index contributed by atoms with van der Waals surface area (Å²) in [6.07, 6.45) is 3.19. The summed E-state index contributed by atoms with van der Waals surface area (Å²) in [6.45, 7) is 4.53. The van der Waals surface area contributed by atoms with E-state index in [0.717, 1.165) is 11.1 Å². The van der Waals surface area contributed by atoms with Crippen LogP contribution in [0.15, 0.2) is 36.9 Å². The van der Waals surface area contributed by atoms with Crippen LogP contribution in [0.1, 0.15) is 25.0 Å². The highest BCUT2D eigenvalue weighted by Crippen LogP contribution is 2.06. The van der Waals surface area contributed by atoms with Crippen LogP contribution < -0.4 is 11.1 Å². The van der Waals surface area contributed by atoms with E-state index in [9.17, 15) is 4.79 Å². The van der Waals surface area contributed by atoms with Gasteiger partial charge in [-0.1, -0.05) is 24.3 Å². The zero-order valence-electron chi connectivity index (χ0n) is 11.7. The Hall–Kier alpha value is -2.21. The van der Waals surface area contributed by atoms with E-state index < -0.39 is 5.54 Å². The minimum absolute atomic E-state index is 0.163. The highest BCUT2D eigenvalue weighted by Gasteiger charge is 2.20. The average molecular weight is 273 g/mol. The first-order valence-corrected chi connectivity index (χ1v) is 6.42. The summed E-state index contributed by atoms with van der Waals surface area (Å²) < 4.78 is 1.76. The molecule has 0 aliphatic carbocycles. The van der Waals surface area contributed by atoms with Crippen LogP contribution in [0.3, 0.4) is 0 Å². The highest BCUT2D eigenvalue weighted by molar-refractivity contribution is 5.84. The van der Waals surface area contributed by atoms with Crippen molar-refractivity contribution in [2.75, 3.05) is 0 Å². The molecule has 0 saturated heterocycles. The van der Waals surface area contributed by atoms with Crippen molar-refractivity contribution in [1.29, 1.82) is 0 Å². The number of benzene rings is 1. The second-order valence-corrected chi connectivity index (χ2v) is 5.31. The van der Waals surface area contributed by atoms with Crippen molar-refractivity contribution >= 4 is 5.91 Å². The highest BCUT2D eigenvalue weighted by atomic mass is 16.2. The molecule has 106 valence electrons. The maximum Gasteiger partial charge on any atom is 0.239 e. The smallest absolute Gasteiger partial charge is 0.239 e. The number of nitrogens with zero attached hydrogens (tertiary/aromatic N) is 3. The topological polar surface area (TPSA) is 85.8 Å². The molecule has 0 atom stereocenters. The molecule has 3 N–H and O–H groups in total. The Morgan fingerprint density at radius 2 is 1.95 bits per heavy atom. The molecule has 2 aromatic rings. The molecule has 1 aromatic carbocycles. The monoisotopic (exact) mass is 273 g/mol. The summed E-state index contributed by atoms with van der Waals surface area (Å²) in [5.74, 6) is -0.163. The zero-order valence-corrected chi connectivity index (χ0v) is 11.7. The SMILES string of the molecule is CC(C)(N)C(=O)NCc1ccc(Cn2cncn2)cc1. The van der Waals surface area contributed by atoms with Crippen molar-refractivity contribution in [3.05, 3.63) is 48.0 Å². The van der Waals surface area contributed by atoms with E-state index in [2.05, 4.69) is 15.4 Å². The van der Waals surface area contributed by atoms with E-state index in [1.54, 1.807) is 24.9 Å². The largest absolute Gasteiger partial charge is 0.350 e. The van der Waals surface area contributed by atoms with E-state index in [-0.39, 0.29) is 5.91 Å². The van der Waals surface area contributed by atoms with E-state index in [4.69, 9.17) is 5.73 Å². The predicted octanol–water partition coefficient (Wildman–Crippen LogP) is 0.680. The first-order chi connectivity index (χ1) is 9.45. The summed E-state index contributed by atoms with van der Waals surface area (Å²) in [6, 6.07) is 7.99. The minimum Gasteiger partial charge on any atom is -0.350 e. The Morgan fingerprint density at radius 1 is 1.30 bits per heavy atom. The van der Waals surface area contributed by atoms with Crippen LogP contribution in [-0.4, -0.2) is 26.2 Å². The lowest BCUT2D eigenvalue weighted by Gasteiger charge is -2.17. The Morgan fingerprint density at radius 3 is 2.50 bits per heavy atom. The number of aromatic nitrogens is 3. The number of hydrogen-bond acceptors (Lipinski definition) is 4. The molecule has 0 radical (unpaired) electrons. The van der Waals surface area contributed by atoms with Gasteiger partial charge in [0.1, 0.15) is 12.7 Å². The first kappa shape index (κ1) is 14.2. The zero-order chi connectivity index (χ0) is 14.6. The van der Waals surface area contributed by atoms with Crippen LogP contribution in [0.25, 0.3) is 0 Å². The average Bonchev–Trinajstić information content (AvgIpc) is 2.89. The second kappa shape index (κ2) is 5.83. The van der Waals surface area contributed by atoms with Crippen LogP contribution >= 0.6 is 0 Å². The van der Waals surface area contributed by atoms with E-state index >= 15 is 0 Å². The summed E-state index contributed by atoms with van der Waals surface area (Å²) in [4.78, 5) is 15.6. The number of hydrogen-bond donors (Lipinski definition) is 2. The van der Waals surface area contributed by atoms with Gasteiger partial charge in [0.05, 0.1) is 12.1 Å². The molecule has 1 heterocycles. The molecule has 0 unspecified atom stereocenters. The summed E-state index contributed by atoms with van der Waals surface area (Å²) >= 11 is 0. The van der Waals surface area contributed by atoms with E-state index in [1.165, 1.54) is 6.33 Å². The molecule has 1 amide bonds.